The quantitative estimate of drug-likeness (QED) is 0.504. The molecule has 0 saturated carbocycles. The summed E-state index contributed by atoms with van der Waals surface area (Å²) in [6, 6.07) is 14.8. The lowest BCUT2D eigenvalue weighted by molar-refractivity contribution is -0.118. The zero-order chi connectivity index (χ0) is 20.8. The van der Waals surface area contributed by atoms with Crippen LogP contribution in [-0.4, -0.2) is 26.4 Å². The number of thioether (sulfide) groups is 1. The number of carbonyl (C=O) groups excluding carboxylic acids is 1. The first-order chi connectivity index (χ1) is 13.9. The molecule has 3 aromatic rings. The van der Waals surface area contributed by atoms with Crippen molar-refractivity contribution in [1.82, 2.24) is 20.1 Å². The van der Waals surface area contributed by atoms with E-state index in [-0.39, 0.29) is 11.7 Å². The van der Waals surface area contributed by atoms with Crippen LogP contribution in [0.2, 0.25) is 10.0 Å². The van der Waals surface area contributed by atoms with Gasteiger partial charge in [0, 0.05) is 24.7 Å². The van der Waals surface area contributed by atoms with E-state index in [2.05, 4.69) is 15.5 Å². The third-order valence-corrected chi connectivity index (χ3v) is 5.66. The average Bonchev–Trinajstić information content (AvgIpc) is 3.09. The van der Waals surface area contributed by atoms with Crippen LogP contribution in [0.25, 0.3) is 0 Å². The Morgan fingerprint density at radius 2 is 1.97 bits per heavy atom. The van der Waals surface area contributed by atoms with Crippen molar-refractivity contribution in [2.45, 2.75) is 24.7 Å². The molecule has 0 saturated heterocycles. The molecule has 152 valence electrons. The first kappa shape index (κ1) is 21.5. The van der Waals surface area contributed by atoms with E-state index >= 15 is 0 Å². The highest BCUT2D eigenvalue weighted by Gasteiger charge is 2.19. The second-order valence-electron chi connectivity index (χ2n) is 6.29. The van der Waals surface area contributed by atoms with Crippen molar-refractivity contribution in [2.24, 2.45) is 7.05 Å². The van der Waals surface area contributed by atoms with Gasteiger partial charge in [0.25, 0.3) is 0 Å². The molecule has 2 aromatic carbocycles. The van der Waals surface area contributed by atoms with E-state index in [1.54, 1.807) is 22.8 Å². The number of benzene rings is 2. The number of carbonyl (C=O) groups is 1. The van der Waals surface area contributed by atoms with Gasteiger partial charge in [0.1, 0.15) is 5.75 Å². The molecule has 1 heterocycles. The van der Waals surface area contributed by atoms with Crippen LogP contribution in [0.4, 0.5) is 0 Å². The second kappa shape index (κ2) is 10.0. The summed E-state index contributed by atoms with van der Waals surface area (Å²) in [5, 5.41) is 12.9. The molecule has 1 N–H and O–H groups in total. The van der Waals surface area contributed by atoms with Gasteiger partial charge in [-0.3, -0.25) is 4.79 Å². The predicted molar refractivity (Wildman–Crippen MR) is 116 cm³/mol. The van der Waals surface area contributed by atoms with Gasteiger partial charge in [0.2, 0.25) is 5.91 Å². The molecule has 0 aliphatic carbocycles. The first-order valence-corrected chi connectivity index (χ1v) is 10.6. The van der Waals surface area contributed by atoms with Gasteiger partial charge in [0.05, 0.1) is 10.8 Å². The van der Waals surface area contributed by atoms with Crippen molar-refractivity contribution in [2.75, 3.05) is 5.75 Å². The fourth-order valence-corrected chi connectivity index (χ4v) is 3.67. The molecule has 0 aliphatic rings. The number of aromatic nitrogens is 3. The molecule has 1 amide bonds. The average molecular weight is 451 g/mol. The maximum Gasteiger partial charge on any atom is 0.230 e. The molecule has 1 unspecified atom stereocenters. The van der Waals surface area contributed by atoms with E-state index in [9.17, 15) is 4.79 Å². The Kier molecular flexibility index (Phi) is 7.41. The van der Waals surface area contributed by atoms with Gasteiger partial charge >= 0.3 is 0 Å². The summed E-state index contributed by atoms with van der Waals surface area (Å²) in [4.78, 5) is 12.1. The fourth-order valence-electron chi connectivity index (χ4n) is 2.59. The molecule has 0 bridgehead atoms. The lowest BCUT2D eigenvalue weighted by Gasteiger charge is -2.15. The molecule has 9 heteroatoms. The van der Waals surface area contributed by atoms with E-state index < -0.39 is 6.10 Å². The molecule has 0 aliphatic heterocycles. The first-order valence-electron chi connectivity index (χ1n) is 8.88. The minimum Gasteiger partial charge on any atom is -0.481 e. The van der Waals surface area contributed by atoms with Gasteiger partial charge in [-0.1, -0.05) is 65.3 Å². The van der Waals surface area contributed by atoms with Crippen LogP contribution in [0.1, 0.15) is 24.4 Å². The van der Waals surface area contributed by atoms with Gasteiger partial charge in [-0.25, -0.2) is 0 Å². The lowest BCUT2D eigenvalue weighted by atomic mass is 10.2. The summed E-state index contributed by atoms with van der Waals surface area (Å²) in [5.41, 5.74) is 1.05. The Balaban J connectivity index is 1.56. The van der Waals surface area contributed by atoms with Crippen molar-refractivity contribution >= 4 is 40.9 Å². The smallest absolute Gasteiger partial charge is 0.230 e. The summed E-state index contributed by atoms with van der Waals surface area (Å²) in [6.45, 7) is 2.35. The van der Waals surface area contributed by atoms with Crippen LogP contribution in [-0.2, 0) is 18.4 Å². The van der Waals surface area contributed by atoms with Crippen LogP contribution in [0.3, 0.4) is 0 Å². The van der Waals surface area contributed by atoms with E-state index in [1.807, 2.05) is 44.3 Å². The third kappa shape index (κ3) is 5.88. The fraction of sp³-hybridized carbons (Fsp3) is 0.250. The van der Waals surface area contributed by atoms with E-state index in [1.165, 1.54) is 11.8 Å². The van der Waals surface area contributed by atoms with Crippen LogP contribution in [0, 0.1) is 0 Å². The van der Waals surface area contributed by atoms with Crippen molar-refractivity contribution in [3.8, 4) is 5.75 Å². The second-order valence-corrected chi connectivity index (χ2v) is 8.07. The number of nitrogens with one attached hydrogen (secondary N) is 1. The molecule has 0 fully saturated rings. The molecular weight excluding hydrogens is 431 g/mol. The number of hydrogen-bond acceptors (Lipinski definition) is 5. The number of rotatable bonds is 8. The van der Waals surface area contributed by atoms with Gasteiger partial charge in [-0.2, -0.15) is 0 Å². The highest BCUT2D eigenvalue weighted by Crippen LogP contribution is 2.31. The number of ether oxygens (including phenoxy) is 1. The summed E-state index contributed by atoms with van der Waals surface area (Å²) in [6.07, 6.45) is -0.398. The molecule has 29 heavy (non-hydrogen) atoms. The Labute approximate surface area is 183 Å². The number of nitrogens with zero attached hydrogens (tertiary/aromatic N) is 3. The van der Waals surface area contributed by atoms with Crippen molar-refractivity contribution in [1.29, 1.82) is 0 Å². The van der Waals surface area contributed by atoms with Gasteiger partial charge in [-0.15, -0.1) is 10.2 Å². The van der Waals surface area contributed by atoms with Gasteiger partial charge in [0.15, 0.2) is 17.1 Å². The third-order valence-electron chi connectivity index (χ3n) is 4.09. The molecule has 1 aromatic heterocycles. The predicted octanol–water partition coefficient (Wildman–Crippen LogP) is 4.67. The van der Waals surface area contributed by atoms with Crippen LogP contribution < -0.4 is 10.1 Å². The molecule has 0 radical (unpaired) electrons. The monoisotopic (exact) mass is 450 g/mol. The van der Waals surface area contributed by atoms with E-state index in [0.29, 0.717) is 33.3 Å². The van der Waals surface area contributed by atoms with Crippen molar-refractivity contribution in [3.05, 3.63) is 70.0 Å². The Hall–Kier alpha value is -2.22. The zero-order valence-electron chi connectivity index (χ0n) is 15.9. The minimum absolute atomic E-state index is 0.0709. The SMILES string of the molecule is CC(Oc1cc(Cl)ccc1Cl)c1nnc(SCC(=O)NCc2ccccc2)n1C. The summed E-state index contributed by atoms with van der Waals surface area (Å²) >= 11 is 13.5. The molecule has 3 rings (SSSR count). The summed E-state index contributed by atoms with van der Waals surface area (Å²) in [7, 11) is 1.83. The molecule has 6 nitrogen and oxygen atoms in total. The van der Waals surface area contributed by atoms with Crippen LogP contribution in [0.15, 0.2) is 53.7 Å². The maximum absolute atomic E-state index is 12.1. The Morgan fingerprint density at radius 1 is 1.21 bits per heavy atom. The largest absolute Gasteiger partial charge is 0.481 e. The number of halogens is 2. The van der Waals surface area contributed by atoms with Gasteiger partial charge < -0.3 is 14.6 Å². The maximum atomic E-state index is 12.1. The number of hydrogen-bond donors (Lipinski definition) is 1. The highest BCUT2D eigenvalue weighted by molar-refractivity contribution is 7.99. The van der Waals surface area contributed by atoms with Crippen molar-refractivity contribution < 1.29 is 9.53 Å². The van der Waals surface area contributed by atoms with E-state index in [0.717, 1.165) is 5.56 Å². The molecule has 1 atom stereocenters. The molecule has 0 spiro atoms. The van der Waals surface area contributed by atoms with Crippen LogP contribution in [0.5, 0.6) is 5.75 Å². The normalized spacial score (nSPS) is 11.9. The highest BCUT2D eigenvalue weighted by atomic mass is 35.5. The standard InChI is InChI=1S/C20H20Cl2N4O2S/c1-13(28-17-10-15(21)8-9-16(17)22)19-24-25-20(26(19)2)29-12-18(27)23-11-14-6-4-3-5-7-14/h3-10,13H,11-12H2,1-2H3,(H,23,27). The van der Waals surface area contributed by atoms with Gasteiger partial charge in [-0.05, 0) is 24.6 Å². The summed E-state index contributed by atoms with van der Waals surface area (Å²) in [5.74, 6) is 1.27. The molecular formula is C20H20Cl2N4O2S. The number of amides is 1. The zero-order valence-corrected chi connectivity index (χ0v) is 18.3. The van der Waals surface area contributed by atoms with Crippen molar-refractivity contribution in [3.63, 3.8) is 0 Å². The Morgan fingerprint density at radius 3 is 2.72 bits per heavy atom. The minimum atomic E-state index is -0.398. The van der Waals surface area contributed by atoms with Crippen LogP contribution >= 0.6 is 35.0 Å². The lowest BCUT2D eigenvalue weighted by Crippen LogP contribution is -2.24. The summed E-state index contributed by atoms with van der Waals surface area (Å²) < 4.78 is 7.69. The van der Waals surface area contributed by atoms with E-state index in [4.69, 9.17) is 27.9 Å². The topological polar surface area (TPSA) is 69.0 Å². The Bertz CT molecular complexity index is 982.